The molecule has 1 amide bonds. The Morgan fingerprint density at radius 3 is 2.26 bits per heavy atom. The van der Waals surface area contributed by atoms with Crippen molar-refractivity contribution >= 4 is 46.6 Å². The summed E-state index contributed by atoms with van der Waals surface area (Å²) in [5.74, 6) is 0.561. The highest BCUT2D eigenvalue weighted by Crippen LogP contribution is 2.42. The van der Waals surface area contributed by atoms with Crippen LogP contribution in [0, 0.1) is 0 Å². The van der Waals surface area contributed by atoms with Gasteiger partial charge in [0.2, 0.25) is 5.89 Å². The molecule has 0 bridgehead atoms. The summed E-state index contributed by atoms with van der Waals surface area (Å²) >= 11 is 18.8. The van der Waals surface area contributed by atoms with Crippen molar-refractivity contribution in [2.45, 2.75) is 26.2 Å². The summed E-state index contributed by atoms with van der Waals surface area (Å²) < 4.78 is 12.6. The van der Waals surface area contributed by atoms with Crippen LogP contribution in [0.5, 0.6) is 0 Å². The molecule has 35 heavy (non-hydrogen) atoms. The molecule has 2 heterocycles. The van der Waals surface area contributed by atoms with Gasteiger partial charge in [0.25, 0.3) is 5.89 Å². The highest BCUT2D eigenvalue weighted by molar-refractivity contribution is 6.35. The number of amides is 1. The lowest BCUT2D eigenvalue weighted by molar-refractivity contribution is 0.180. The molecule has 0 N–H and O–H groups in total. The third-order valence-electron chi connectivity index (χ3n) is 5.17. The third kappa shape index (κ3) is 4.87. The molecule has 0 spiro atoms. The van der Waals surface area contributed by atoms with E-state index in [1.165, 1.54) is 12.0 Å². The lowest BCUT2D eigenvalue weighted by Crippen LogP contribution is -2.26. The average molecular weight is 535 g/mol. The summed E-state index contributed by atoms with van der Waals surface area (Å²) in [4.78, 5) is 14.0. The summed E-state index contributed by atoms with van der Waals surface area (Å²) in [5, 5.41) is 14.6. The third-order valence-corrected chi connectivity index (χ3v) is 5.96. The first-order valence-corrected chi connectivity index (χ1v) is 11.6. The first kappa shape index (κ1) is 25.0. The normalized spacial score (nSPS) is 11.5. The first-order chi connectivity index (χ1) is 16.5. The monoisotopic (exact) mass is 533 g/mol. The molecule has 0 aliphatic carbocycles. The second kappa shape index (κ2) is 9.53. The van der Waals surface area contributed by atoms with Gasteiger partial charge >= 0.3 is 6.09 Å². The average Bonchev–Trinajstić information content (AvgIpc) is 3.44. The fraction of sp³-hybridized carbons (Fsp3) is 0.250. The molecule has 2 aromatic heterocycles. The Morgan fingerprint density at radius 2 is 1.69 bits per heavy atom. The van der Waals surface area contributed by atoms with Gasteiger partial charge in [-0.05, 0) is 30.3 Å². The van der Waals surface area contributed by atoms with Crippen LogP contribution >= 0.6 is 34.8 Å². The maximum Gasteiger partial charge on any atom is 0.413 e. The molecule has 0 saturated heterocycles. The number of methoxy groups -OCH3 is 1. The molecule has 4 rings (SSSR count). The summed E-state index contributed by atoms with van der Waals surface area (Å²) in [5.41, 5.74) is 2.04. The zero-order valence-electron chi connectivity index (χ0n) is 19.6. The van der Waals surface area contributed by atoms with Gasteiger partial charge in [0.15, 0.2) is 5.69 Å². The fourth-order valence-corrected chi connectivity index (χ4v) is 4.03. The standard InChI is InChI=1S/C24H22Cl3N5O3/c1-24(2,3)22-29-28-21(35-22)18-20(31(4)23(33)34-5)19(13-6-8-14(25)9-7-13)32(30-18)17-11-10-15(26)12-16(17)27/h6-12H,1-5H3. The van der Waals surface area contributed by atoms with Crippen LogP contribution in [0.25, 0.3) is 28.5 Å². The van der Waals surface area contributed by atoms with E-state index >= 15 is 0 Å². The van der Waals surface area contributed by atoms with E-state index in [2.05, 4.69) is 10.2 Å². The lowest BCUT2D eigenvalue weighted by atomic mass is 9.97. The Hall–Kier alpha value is -3.07. The van der Waals surface area contributed by atoms with E-state index in [-0.39, 0.29) is 17.0 Å². The predicted molar refractivity (Wildman–Crippen MR) is 137 cm³/mol. The molecule has 8 nitrogen and oxygen atoms in total. The van der Waals surface area contributed by atoms with Gasteiger partial charge in [0.1, 0.15) is 5.69 Å². The minimum absolute atomic E-state index is 0.139. The summed E-state index contributed by atoms with van der Waals surface area (Å²) in [6.07, 6.45) is -0.612. The second-order valence-corrected chi connectivity index (χ2v) is 10.0. The van der Waals surface area contributed by atoms with Crippen LogP contribution in [0.3, 0.4) is 0 Å². The van der Waals surface area contributed by atoms with Crippen LogP contribution in [0.4, 0.5) is 10.5 Å². The Kier molecular flexibility index (Phi) is 6.81. The van der Waals surface area contributed by atoms with Crippen LogP contribution in [0.2, 0.25) is 15.1 Å². The first-order valence-electron chi connectivity index (χ1n) is 10.5. The topological polar surface area (TPSA) is 86.3 Å². The number of carbonyl (C=O) groups excluding carboxylic acids is 1. The molecular formula is C24H22Cl3N5O3. The largest absolute Gasteiger partial charge is 0.452 e. The Balaban J connectivity index is 2.08. The number of halogens is 3. The van der Waals surface area contributed by atoms with E-state index in [0.717, 1.165) is 0 Å². The molecule has 0 unspecified atom stereocenters. The minimum atomic E-state index is -0.612. The molecule has 0 saturated carbocycles. The van der Waals surface area contributed by atoms with Crippen LogP contribution < -0.4 is 4.90 Å². The number of benzene rings is 2. The van der Waals surface area contributed by atoms with Crippen molar-refractivity contribution in [3.63, 3.8) is 0 Å². The van der Waals surface area contributed by atoms with Crippen molar-refractivity contribution in [3.8, 4) is 28.5 Å². The Morgan fingerprint density at radius 1 is 1.03 bits per heavy atom. The Labute approximate surface area is 217 Å². The molecule has 0 aliphatic rings. The maximum atomic E-state index is 12.7. The van der Waals surface area contributed by atoms with Crippen molar-refractivity contribution in [1.82, 2.24) is 20.0 Å². The summed E-state index contributed by atoms with van der Waals surface area (Å²) in [7, 11) is 2.87. The maximum absolute atomic E-state index is 12.7. The van der Waals surface area contributed by atoms with Gasteiger partial charge in [-0.3, -0.25) is 4.90 Å². The van der Waals surface area contributed by atoms with Gasteiger partial charge in [-0.1, -0.05) is 67.7 Å². The number of carbonyl (C=O) groups is 1. The van der Waals surface area contributed by atoms with Crippen molar-refractivity contribution in [3.05, 3.63) is 63.4 Å². The number of anilines is 1. The lowest BCUT2D eigenvalue weighted by Gasteiger charge is -2.18. The van der Waals surface area contributed by atoms with Gasteiger partial charge < -0.3 is 9.15 Å². The van der Waals surface area contributed by atoms with Crippen molar-refractivity contribution in [1.29, 1.82) is 0 Å². The molecule has 2 aromatic carbocycles. The van der Waals surface area contributed by atoms with E-state index in [9.17, 15) is 4.79 Å². The molecule has 0 radical (unpaired) electrons. The number of nitrogens with zero attached hydrogens (tertiary/aromatic N) is 5. The second-order valence-electron chi connectivity index (χ2n) is 8.75. The predicted octanol–water partition coefficient (Wildman–Crippen LogP) is 7.05. The van der Waals surface area contributed by atoms with Gasteiger partial charge in [-0.2, -0.15) is 5.10 Å². The number of ether oxygens (including phenoxy) is 1. The van der Waals surface area contributed by atoms with Crippen molar-refractivity contribution in [2.24, 2.45) is 0 Å². The summed E-state index contributed by atoms with van der Waals surface area (Å²) in [6.45, 7) is 5.87. The van der Waals surface area contributed by atoms with Crippen molar-refractivity contribution in [2.75, 3.05) is 19.1 Å². The molecule has 0 atom stereocenters. The van der Waals surface area contributed by atoms with Crippen LogP contribution in [-0.2, 0) is 10.2 Å². The van der Waals surface area contributed by atoms with Gasteiger partial charge in [0, 0.05) is 28.1 Å². The highest BCUT2D eigenvalue weighted by Gasteiger charge is 2.32. The molecule has 182 valence electrons. The smallest absolute Gasteiger partial charge is 0.413 e. The van der Waals surface area contributed by atoms with E-state index in [1.807, 2.05) is 32.9 Å². The number of rotatable bonds is 4. The molecule has 0 fully saturated rings. The van der Waals surface area contributed by atoms with E-state index < -0.39 is 6.09 Å². The van der Waals surface area contributed by atoms with Crippen LogP contribution in [0.15, 0.2) is 46.9 Å². The van der Waals surface area contributed by atoms with E-state index in [4.69, 9.17) is 49.1 Å². The molecular weight excluding hydrogens is 513 g/mol. The van der Waals surface area contributed by atoms with E-state index in [1.54, 1.807) is 42.1 Å². The number of aromatic nitrogens is 4. The highest BCUT2D eigenvalue weighted by atomic mass is 35.5. The summed E-state index contributed by atoms with van der Waals surface area (Å²) in [6, 6.07) is 12.1. The van der Waals surface area contributed by atoms with Gasteiger partial charge in [-0.15, -0.1) is 10.2 Å². The molecule has 0 aliphatic heterocycles. The fourth-order valence-electron chi connectivity index (χ4n) is 3.42. The minimum Gasteiger partial charge on any atom is -0.452 e. The number of hydrogen-bond acceptors (Lipinski definition) is 6. The zero-order valence-corrected chi connectivity index (χ0v) is 21.9. The van der Waals surface area contributed by atoms with E-state index in [0.29, 0.717) is 43.6 Å². The van der Waals surface area contributed by atoms with Crippen molar-refractivity contribution < 1.29 is 13.9 Å². The quantitative estimate of drug-likeness (QED) is 0.279. The van der Waals surface area contributed by atoms with Crippen LogP contribution in [0.1, 0.15) is 26.7 Å². The SMILES string of the molecule is COC(=O)N(C)c1c(-c2nnc(C(C)(C)C)o2)nn(-c2ccc(Cl)cc2Cl)c1-c1ccc(Cl)cc1. The molecule has 11 heteroatoms. The van der Waals surface area contributed by atoms with Gasteiger partial charge in [0.05, 0.1) is 23.5 Å². The molecule has 4 aromatic rings. The van der Waals surface area contributed by atoms with Gasteiger partial charge in [-0.25, -0.2) is 9.48 Å². The van der Waals surface area contributed by atoms with Crippen LogP contribution in [-0.4, -0.2) is 40.2 Å². The number of hydrogen-bond donors (Lipinski definition) is 0. The zero-order chi connectivity index (χ0) is 25.5. The Bertz CT molecular complexity index is 1390.